The quantitative estimate of drug-likeness (QED) is 0.715. The average Bonchev–Trinajstić information content (AvgIpc) is 2.89. The summed E-state index contributed by atoms with van der Waals surface area (Å²) in [4.78, 5) is 12.2. The molecule has 3 aliphatic rings. The van der Waals surface area contributed by atoms with Gasteiger partial charge < -0.3 is 10.6 Å². The van der Waals surface area contributed by atoms with Crippen LogP contribution in [0.1, 0.15) is 36.0 Å². The first kappa shape index (κ1) is 9.51. The molecule has 3 nitrogen and oxygen atoms in total. The zero-order chi connectivity index (χ0) is 11.5. The molecule has 17 heavy (non-hydrogen) atoms. The molecule has 2 aliphatic carbocycles. The van der Waals surface area contributed by atoms with Gasteiger partial charge in [-0.25, -0.2) is 0 Å². The molecule has 2 fully saturated rings. The lowest BCUT2D eigenvalue weighted by atomic mass is 9.86. The lowest BCUT2D eigenvalue weighted by Gasteiger charge is -2.43. The van der Waals surface area contributed by atoms with E-state index in [1.807, 2.05) is 24.3 Å². The number of amides is 1. The number of nitrogens with one attached hydrogen (secondary N) is 2. The fourth-order valence-corrected chi connectivity index (χ4v) is 3.97. The normalized spacial score (nSPS) is 37.8. The van der Waals surface area contributed by atoms with E-state index in [9.17, 15) is 4.79 Å². The molecule has 2 bridgehead atoms. The van der Waals surface area contributed by atoms with E-state index in [4.69, 9.17) is 0 Å². The second-order valence-corrected chi connectivity index (χ2v) is 5.68. The molecule has 3 atom stereocenters. The SMILES string of the molecule is O=C1NC2(CC3CCC2C3)Nc2ccccc21. The summed E-state index contributed by atoms with van der Waals surface area (Å²) in [5, 5.41) is 6.83. The van der Waals surface area contributed by atoms with E-state index in [-0.39, 0.29) is 11.6 Å². The Morgan fingerprint density at radius 3 is 2.82 bits per heavy atom. The van der Waals surface area contributed by atoms with Crippen molar-refractivity contribution in [3.05, 3.63) is 29.8 Å². The van der Waals surface area contributed by atoms with Crippen molar-refractivity contribution in [2.45, 2.75) is 31.3 Å². The van der Waals surface area contributed by atoms with Gasteiger partial charge in [0.25, 0.3) is 5.91 Å². The van der Waals surface area contributed by atoms with Gasteiger partial charge in [0, 0.05) is 11.6 Å². The summed E-state index contributed by atoms with van der Waals surface area (Å²) in [6.07, 6.45) is 4.96. The molecule has 1 aliphatic heterocycles. The first-order chi connectivity index (χ1) is 8.27. The first-order valence-electron chi connectivity index (χ1n) is 6.46. The molecule has 3 unspecified atom stereocenters. The first-order valence-corrected chi connectivity index (χ1v) is 6.46. The van der Waals surface area contributed by atoms with Crippen molar-refractivity contribution in [1.82, 2.24) is 5.32 Å². The number of rotatable bonds is 0. The topological polar surface area (TPSA) is 41.1 Å². The van der Waals surface area contributed by atoms with Crippen LogP contribution in [0.15, 0.2) is 24.3 Å². The summed E-state index contributed by atoms with van der Waals surface area (Å²) in [5.41, 5.74) is 1.64. The summed E-state index contributed by atoms with van der Waals surface area (Å²) in [7, 11) is 0. The summed E-state index contributed by atoms with van der Waals surface area (Å²) < 4.78 is 0. The Kier molecular flexibility index (Phi) is 1.70. The molecule has 0 saturated heterocycles. The van der Waals surface area contributed by atoms with Crippen LogP contribution in [-0.2, 0) is 0 Å². The molecule has 3 heteroatoms. The maximum absolute atomic E-state index is 12.2. The fourth-order valence-electron chi connectivity index (χ4n) is 3.97. The van der Waals surface area contributed by atoms with E-state index in [0.717, 1.165) is 23.6 Å². The van der Waals surface area contributed by atoms with Gasteiger partial charge in [-0.15, -0.1) is 0 Å². The van der Waals surface area contributed by atoms with Crippen molar-refractivity contribution in [2.75, 3.05) is 5.32 Å². The Hall–Kier alpha value is -1.51. The molecule has 1 heterocycles. The van der Waals surface area contributed by atoms with Crippen molar-refractivity contribution in [3.63, 3.8) is 0 Å². The third-order valence-corrected chi connectivity index (χ3v) is 4.71. The second-order valence-electron chi connectivity index (χ2n) is 5.68. The minimum Gasteiger partial charge on any atom is -0.362 e. The highest BCUT2D eigenvalue weighted by molar-refractivity contribution is 6.02. The largest absolute Gasteiger partial charge is 0.362 e. The maximum atomic E-state index is 12.2. The number of anilines is 1. The lowest BCUT2D eigenvalue weighted by molar-refractivity contribution is 0.0863. The monoisotopic (exact) mass is 228 g/mol. The molecule has 1 aromatic carbocycles. The lowest BCUT2D eigenvalue weighted by Crippen LogP contribution is -2.60. The molecular weight excluding hydrogens is 212 g/mol. The Morgan fingerprint density at radius 2 is 2.06 bits per heavy atom. The van der Waals surface area contributed by atoms with E-state index in [1.165, 1.54) is 19.3 Å². The van der Waals surface area contributed by atoms with Crippen LogP contribution < -0.4 is 10.6 Å². The third kappa shape index (κ3) is 1.20. The van der Waals surface area contributed by atoms with Gasteiger partial charge in [0.2, 0.25) is 0 Å². The molecule has 0 aromatic heterocycles. The van der Waals surface area contributed by atoms with Gasteiger partial charge in [0.1, 0.15) is 5.66 Å². The summed E-state index contributed by atoms with van der Waals surface area (Å²) in [6.45, 7) is 0. The Morgan fingerprint density at radius 1 is 1.18 bits per heavy atom. The van der Waals surface area contributed by atoms with Crippen LogP contribution >= 0.6 is 0 Å². The Bertz CT molecular complexity index is 499. The van der Waals surface area contributed by atoms with Crippen molar-refractivity contribution in [2.24, 2.45) is 11.8 Å². The van der Waals surface area contributed by atoms with Crippen LogP contribution in [0.5, 0.6) is 0 Å². The van der Waals surface area contributed by atoms with E-state index in [2.05, 4.69) is 10.6 Å². The van der Waals surface area contributed by atoms with Crippen LogP contribution in [0.25, 0.3) is 0 Å². The highest BCUT2D eigenvalue weighted by atomic mass is 16.2. The molecule has 1 spiro atoms. The van der Waals surface area contributed by atoms with Crippen LogP contribution in [0.4, 0.5) is 5.69 Å². The molecule has 88 valence electrons. The van der Waals surface area contributed by atoms with Gasteiger partial charge in [-0.2, -0.15) is 0 Å². The standard InChI is InChI=1S/C14H16N2O/c17-13-11-3-1-2-4-12(11)15-14(16-13)8-9-5-6-10(14)7-9/h1-4,9-10,15H,5-8H2,(H,16,17). The Labute approximate surface area is 101 Å². The number of carbonyl (C=O) groups excluding carboxylic acids is 1. The molecule has 2 saturated carbocycles. The number of fused-ring (bicyclic) bond motifs is 4. The van der Waals surface area contributed by atoms with Gasteiger partial charge >= 0.3 is 0 Å². The minimum absolute atomic E-state index is 0.0897. The average molecular weight is 228 g/mol. The summed E-state index contributed by atoms with van der Waals surface area (Å²) >= 11 is 0. The molecule has 1 aromatic rings. The second kappa shape index (κ2) is 3.03. The van der Waals surface area contributed by atoms with Crippen molar-refractivity contribution >= 4 is 11.6 Å². The number of para-hydroxylation sites is 1. The molecular formula is C14H16N2O. The maximum Gasteiger partial charge on any atom is 0.255 e. The van der Waals surface area contributed by atoms with E-state index in [0.29, 0.717) is 5.92 Å². The zero-order valence-electron chi connectivity index (χ0n) is 9.70. The van der Waals surface area contributed by atoms with E-state index in [1.54, 1.807) is 0 Å². The van der Waals surface area contributed by atoms with Crippen molar-refractivity contribution in [1.29, 1.82) is 0 Å². The van der Waals surface area contributed by atoms with Gasteiger partial charge in [-0.05, 0) is 43.7 Å². The molecule has 1 amide bonds. The van der Waals surface area contributed by atoms with Crippen molar-refractivity contribution < 1.29 is 4.79 Å². The number of hydrogen-bond acceptors (Lipinski definition) is 2. The highest BCUT2D eigenvalue weighted by Gasteiger charge is 2.53. The number of benzene rings is 1. The van der Waals surface area contributed by atoms with Gasteiger partial charge in [0.15, 0.2) is 0 Å². The predicted octanol–water partition coefficient (Wildman–Crippen LogP) is 2.36. The third-order valence-electron chi connectivity index (χ3n) is 4.71. The fraction of sp³-hybridized carbons (Fsp3) is 0.500. The zero-order valence-corrected chi connectivity index (χ0v) is 9.70. The highest BCUT2D eigenvalue weighted by Crippen LogP contribution is 2.52. The van der Waals surface area contributed by atoms with Crippen LogP contribution in [0.3, 0.4) is 0 Å². The van der Waals surface area contributed by atoms with Gasteiger partial charge in [-0.1, -0.05) is 12.1 Å². The summed E-state index contributed by atoms with van der Waals surface area (Å²) in [5.74, 6) is 1.51. The number of hydrogen-bond donors (Lipinski definition) is 2. The predicted molar refractivity (Wildman–Crippen MR) is 65.7 cm³/mol. The van der Waals surface area contributed by atoms with Crippen LogP contribution in [0, 0.1) is 11.8 Å². The smallest absolute Gasteiger partial charge is 0.255 e. The van der Waals surface area contributed by atoms with E-state index >= 15 is 0 Å². The van der Waals surface area contributed by atoms with Gasteiger partial charge in [-0.3, -0.25) is 4.79 Å². The van der Waals surface area contributed by atoms with Crippen LogP contribution in [0.2, 0.25) is 0 Å². The molecule has 0 radical (unpaired) electrons. The van der Waals surface area contributed by atoms with Gasteiger partial charge in [0.05, 0.1) is 5.56 Å². The molecule has 2 N–H and O–H groups in total. The molecule has 4 rings (SSSR count). The minimum atomic E-state index is -0.144. The van der Waals surface area contributed by atoms with Crippen molar-refractivity contribution in [3.8, 4) is 0 Å². The van der Waals surface area contributed by atoms with E-state index < -0.39 is 0 Å². The summed E-state index contributed by atoms with van der Waals surface area (Å²) in [6, 6.07) is 7.81. The number of carbonyl (C=O) groups is 1. The van der Waals surface area contributed by atoms with Crippen LogP contribution in [-0.4, -0.2) is 11.6 Å². The Balaban J connectivity index is 1.77.